The second-order valence-corrected chi connectivity index (χ2v) is 5.80. The lowest BCUT2D eigenvalue weighted by molar-refractivity contribution is -0.148. The Hall–Kier alpha value is -0.610. The predicted molar refractivity (Wildman–Crippen MR) is 78.2 cm³/mol. The third-order valence-electron chi connectivity index (χ3n) is 4.17. The maximum Gasteiger partial charge on any atom is 0.325 e. The number of unbranched alkanes of at least 4 members (excludes halogenated alkanes) is 1. The highest BCUT2D eigenvalue weighted by atomic mass is 16.5. The molecule has 0 bridgehead atoms. The Morgan fingerprint density at radius 2 is 2.00 bits per heavy atom. The van der Waals surface area contributed by atoms with Crippen LogP contribution in [-0.4, -0.2) is 49.7 Å². The van der Waals surface area contributed by atoms with E-state index in [0.717, 1.165) is 25.4 Å². The fraction of sp³-hybridized carbons (Fsp3) is 0.933. The van der Waals surface area contributed by atoms with Gasteiger partial charge in [0.2, 0.25) is 0 Å². The van der Waals surface area contributed by atoms with Crippen LogP contribution in [0.2, 0.25) is 0 Å². The fourth-order valence-corrected chi connectivity index (χ4v) is 2.47. The molecular formula is C15H30N2O2. The first-order valence-electron chi connectivity index (χ1n) is 7.58. The standard InChI is InChI=1S/C15H30N2O2/c1-5-6-11-17(13-8-9-13)12-7-10-15(2,16-3)14(18)19-4/h13,16H,5-12H2,1-4H3. The van der Waals surface area contributed by atoms with Gasteiger partial charge in [-0.25, -0.2) is 0 Å². The summed E-state index contributed by atoms with van der Waals surface area (Å²) in [6.45, 7) is 6.46. The summed E-state index contributed by atoms with van der Waals surface area (Å²) in [5, 5.41) is 3.10. The van der Waals surface area contributed by atoms with Crippen molar-refractivity contribution in [3.05, 3.63) is 0 Å². The number of nitrogens with one attached hydrogen (secondary N) is 1. The molecule has 1 aliphatic rings. The highest BCUT2D eigenvalue weighted by Crippen LogP contribution is 2.27. The van der Waals surface area contributed by atoms with Crippen molar-refractivity contribution < 1.29 is 9.53 Å². The van der Waals surface area contributed by atoms with Crippen LogP contribution in [0.1, 0.15) is 52.4 Å². The molecule has 1 atom stereocenters. The SMILES string of the molecule is CCCCN(CCCC(C)(NC)C(=O)OC)C1CC1. The van der Waals surface area contributed by atoms with Gasteiger partial charge < -0.3 is 15.0 Å². The van der Waals surface area contributed by atoms with Crippen molar-refractivity contribution in [2.24, 2.45) is 0 Å². The lowest BCUT2D eigenvalue weighted by Gasteiger charge is -2.28. The molecule has 1 unspecified atom stereocenters. The van der Waals surface area contributed by atoms with Crippen LogP contribution >= 0.6 is 0 Å². The van der Waals surface area contributed by atoms with Crippen LogP contribution in [0.25, 0.3) is 0 Å². The molecule has 1 saturated carbocycles. The Balaban J connectivity index is 2.35. The van der Waals surface area contributed by atoms with E-state index in [1.165, 1.54) is 39.3 Å². The average Bonchev–Trinajstić information content (AvgIpc) is 3.25. The quantitative estimate of drug-likeness (QED) is 0.618. The average molecular weight is 270 g/mol. The number of carbonyl (C=O) groups excluding carboxylic acids is 1. The predicted octanol–water partition coefficient (Wildman–Crippen LogP) is 2.18. The summed E-state index contributed by atoms with van der Waals surface area (Å²) in [6, 6.07) is 0.811. The molecule has 0 aromatic heterocycles. The fourth-order valence-electron chi connectivity index (χ4n) is 2.47. The van der Waals surface area contributed by atoms with Crippen molar-refractivity contribution in [1.82, 2.24) is 10.2 Å². The molecule has 0 saturated heterocycles. The zero-order chi connectivity index (χ0) is 14.3. The summed E-state index contributed by atoms with van der Waals surface area (Å²) in [6.07, 6.45) is 7.09. The molecule has 112 valence electrons. The van der Waals surface area contributed by atoms with Gasteiger partial charge in [-0.05, 0) is 59.2 Å². The van der Waals surface area contributed by atoms with Crippen LogP contribution in [-0.2, 0) is 9.53 Å². The highest BCUT2D eigenvalue weighted by molar-refractivity contribution is 5.80. The number of methoxy groups -OCH3 is 1. The molecule has 19 heavy (non-hydrogen) atoms. The summed E-state index contributed by atoms with van der Waals surface area (Å²) >= 11 is 0. The molecule has 0 aromatic carbocycles. The zero-order valence-corrected chi connectivity index (χ0v) is 13.0. The molecule has 0 amide bonds. The van der Waals surface area contributed by atoms with Crippen molar-refractivity contribution in [3.8, 4) is 0 Å². The molecule has 0 radical (unpaired) electrons. The Morgan fingerprint density at radius 3 is 2.47 bits per heavy atom. The van der Waals surface area contributed by atoms with E-state index in [-0.39, 0.29) is 5.97 Å². The van der Waals surface area contributed by atoms with Crippen molar-refractivity contribution in [1.29, 1.82) is 0 Å². The number of hydrogen-bond donors (Lipinski definition) is 1. The van der Waals surface area contributed by atoms with Crippen LogP contribution in [0.3, 0.4) is 0 Å². The van der Waals surface area contributed by atoms with Gasteiger partial charge in [-0.2, -0.15) is 0 Å². The lowest BCUT2D eigenvalue weighted by atomic mass is 9.96. The third kappa shape index (κ3) is 5.11. The Kier molecular flexibility index (Phi) is 6.80. The Labute approximate surface area is 117 Å². The lowest BCUT2D eigenvalue weighted by Crippen LogP contribution is -2.48. The number of esters is 1. The van der Waals surface area contributed by atoms with Crippen LogP contribution in [0, 0.1) is 0 Å². The van der Waals surface area contributed by atoms with Gasteiger partial charge in [0.15, 0.2) is 0 Å². The van der Waals surface area contributed by atoms with Gasteiger partial charge in [0.1, 0.15) is 5.54 Å². The Morgan fingerprint density at radius 1 is 1.37 bits per heavy atom. The van der Waals surface area contributed by atoms with Crippen molar-refractivity contribution in [2.45, 2.75) is 64.0 Å². The molecule has 4 heteroatoms. The van der Waals surface area contributed by atoms with Crippen LogP contribution < -0.4 is 5.32 Å². The minimum atomic E-state index is -0.547. The van der Waals surface area contributed by atoms with E-state index in [4.69, 9.17) is 4.74 Å². The molecule has 1 aliphatic carbocycles. The summed E-state index contributed by atoms with van der Waals surface area (Å²) in [5.41, 5.74) is -0.547. The van der Waals surface area contributed by atoms with E-state index in [1.54, 1.807) is 0 Å². The maximum absolute atomic E-state index is 11.8. The van der Waals surface area contributed by atoms with Crippen molar-refractivity contribution >= 4 is 5.97 Å². The summed E-state index contributed by atoms with van der Waals surface area (Å²) in [4.78, 5) is 14.4. The minimum absolute atomic E-state index is 0.165. The van der Waals surface area contributed by atoms with Gasteiger partial charge in [0.25, 0.3) is 0 Å². The summed E-state index contributed by atoms with van der Waals surface area (Å²) in [7, 11) is 3.28. The molecule has 0 heterocycles. The van der Waals surface area contributed by atoms with Gasteiger partial charge in [-0.3, -0.25) is 4.79 Å². The van der Waals surface area contributed by atoms with E-state index < -0.39 is 5.54 Å². The van der Waals surface area contributed by atoms with E-state index in [0.29, 0.717) is 0 Å². The Bertz CT molecular complexity index is 279. The van der Waals surface area contributed by atoms with Crippen molar-refractivity contribution in [3.63, 3.8) is 0 Å². The monoisotopic (exact) mass is 270 g/mol. The molecular weight excluding hydrogens is 240 g/mol. The number of carbonyl (C=O) groups is 1. The van der Waals surface area contributed by atoms with E-state index in [9.17, 15) is 4.79 Å². The number of likely N-dealkylation sites (N-methyl/N-ethyl adjacent to an activating group) is 1. The molecule has 4 nitrogen and oxygen atoms in total. The van der Waals surface area contributed by atoms with Gasteiger partial charge in [-0.15, -0.1) is 0 Å². The van der Waals surface area contributed by atoms with Gasteiger partial charge >= 0.3 is 5.97 Å². The maximum atomic E-state index is 11.8. The number of ether oxygens (including phenoxy) is 1. The van der Waals surface area contributed by atoms with Gasteiger partial charge in [-0.1, -0.05) is 13.3 Å². The first kappa shape index (κ1) is 16.4. The zero-order valence-electron chi connectivity index (χ0n) is 13.0. The van der Waals surface area contributed by atoms with Crippen LogP contribution in [0.15, 0.2) is 0 Å². The smallest absolute Gasteiger partial charge is 0.325 e. The number of rotatable bonds is 10. The van der Waals surface area contributed by atoms with Crippen LogP contribution in [0.4, 0.5) is 0 Å². The van der Waals surface area contributed by atoms with Crippen LogP contribution in [0.5, 0.6) is 0 Å². The highest BCUT2D eigenvalue weighted by Gasteiger charge is 2.33. The van der Waals surface area contributed by atoms with E-state index in [1.807, 2.05) is 14.0 Å². The number of nitrogens with zero attached hydrogens (tertiary/aromatic N) is 1. The van der Waals surface area contributed by atoms with Gasteiger partial charge in [0.05, 0.1) is 7.11 Å². The van der Waals surface area contributed by atoms with E-state index in [2.05, 4.69) is 17.1 Å². The second kappa shape index (κ2) is 7.85. The molecule has 0 spiro atoms. The summed E-state index contributed by atoms with van der Waals surface area (Å²) < 4.78 is 4.87. The topological polar surface area (TPSA) is 41.6 Å². The van der Waals surface area contributed by atoms with Gasteiger partial charge in [0, 0.05) is 6.04 Å². The second-order valence-electron chi connectivity index (χ2n) is 5.80. The van der Waals surface area contributed by atoms with E-state index >= 15 is 0 Å². The molecule has 0 aromatic rings. The largest absolute Gasteiger partial charge is 0.468 e. The molecule has 1 fully saturated rings. The molecule has 0 aliphatic heterocycles. The summed E-state index contributed by atoms with van der Waals surface area (Å²) in [5.74, 6) is -0.165. The van der Waals surface area contributed by atoms with Crippen molar-refractivity contribution in [2.75, 3.05) is 27.2 Å². The normalized spacial score (nSPS) is 18.4. The molecule has 1 rings (SSSR count). The molecule has 1 N–H and O–H groups in total. The minimum Gasteiger partial charge on any atom is -0.468 e. The first-order chi connectivity index (χ1) is 9.07. The third-order valence-corrected chi connectivity index (χ3v) is 4.17. The number of hydrogen-bond acceptors (Lipinski definition) is 4. The first-order valence-corrected chi connectivity index (χ1v) is 7.58.